The molecule has 56 valence electrons. The maximum Gasteiger partial charge on any atom is 0.251 e. The summed E-state index contributed by atoms with van der Waals surface area (Å²) in [7, 11) is 0. The Morgan fingerprint density at radius 1 is 1.55 bits per heavy atom. The highest BCUT2D eigenvalue weighted by molar-refractivity contribution is 6.09. The summed E-state index contributed by atoms with van der Waals surface area (Å²) in [5.74, 6) is 0.108. The molecule has 0 bridgehead atoms. The minimum Gasteiger partial charge on any atom is -0.382 e. The fourth-order valence-corrected chi connectivity index (χ4v) is 1.25. The summed E-state index contributed by atoms with van der Waals surface area (Å²) in [6.07, 6.45) is 2.89. The number of aliphatic imine (C=N–C) groups is 2. The van der Waals surface area contributed by atoms with Crippen molar-refractivity contribution in [3.05, 3.63) is 11.3 Å². The topological polar surface area (TPSA) is 67.8 Å². The molecule has 4 heteroatoms. The Bertz CT molecular complexity index is 312. The Morgan fingerprint density at radius 3 is 3.18 bits per heavy atom. The van der Waals surface area contributed by atoms with Crippen LogP contribution in [0.25, 0.3) is 0 Å². The SMILES string of the molecule is NC1=NC(=O)CC2=C1N=CC2. The van der Waals surface area contributed by atoms with Gasteiger partial charge in [0.25, 0.3) is 5.91 Å². The number of dihydropyridines is 1. The summed E-state index contributed by atoms with van der Waals surface area (Å²) in [6.45, 7) is 0. The van der Waals surface area contributed by atoms with Gasteiger partial charge >= 0.3 is 0 Å². The number of carbonyl (C=O) groups is 1. The van der Waals surface area contributed by atoms with E-state index in [0.717, 1.165) is 12.0 Å². The summed E-state index contributed by atoms with van der Waals surface area (Å²) >= 11 is 0. The Morgan fingerprint density at radius 2 is 2.36 bits per heavy atom. The van der Waals surface area contributed by atoms with Crippen LogP contribution in [0.1, 0.15) is 12.8 Å². The third-order valence-electron chi connectivity index (χ3n) is 1.75. The molecule has 0 aromatic carbocycles. The molecule has 2 N–H and O–H groups in total. The van der Waals surface area contributed by atoms with Crippen LogP contribution in [0.4, 0.5) is 0 Å². The van der Waals surface area contributed by atoms with Crippen LogP contribution in [0, 0.1) is 0 Å². The third kappa shape index (κ3) is 0.869. The van der Waals surface area contributed by atoms with E-state index in [0.29, 0.717) is 12.1 Å². The van der Waals surface area contributed by atoms with E-state index in [1.54, 1.807) is 6.21 Å². The monoisotopic (exact) mass is 149 g/mol. The first-order chi connectivity index (χ1) is 5.27. The van der Waals surface area contributed by atoms with E-state index in [9.17, 15) is 4.79 Å². The molecule has 0 aliphatic carbocycles. The lowest BCUT2D eigenvalue weighted by atomic mass is 10.1. The van der Waals surface area contributed by atoms with Gasteiger partial charge in [0.05, 0.1) is 6.42 Å². The zero-order chi connectivity index (χ0) is 7.84. The van der Waals surface area contributed by atoms with Crippen LogP contribution < -0.4 is 5.73 Å². The van der Waals surface area contributed by atoms with Crippen LogP contribution in [-0.2, 0) is 4.79 Å². The van der Waals surface area contributed by atoms with Crippen molar-refractivity contribution < 1.29 is 4.79 Å². The van der Waals surface area contributed by atoms with Crippen molar-refractivity contribution in [2.24, 2.45) is 15.7 Å². The van der Waals surface area contributed by atoms with Gasteiger partial charge < -0.3 is 5.73 Å². The first-order valence-corrected chi connectivity index (χ1v) is 3.39. The van der Waals surface area contributed by atoms with Gasteiger partial charge in [0.15, 0.2) is 5.84 Å². The number of carbonyl (C=O) groups excluding carboxylic acids is 1. The summed E-state index contributed by atoms with van der Waals surface area (Å²) in [5, 5.41) is 0. The lowest BCUT2D eigenvalue weighted by Gasteiger charge is -2.07. The molecule has 1 amide bonds. The molecule has 2 aliphatic rings. The quantitative estimate of drug-likeness (QED) is 0.526. The molecular weight excluding hydrogens is 142 g/mol. The van der Waals surface area contributed by atoms with Gasteiger partial charge in [-0.2, -0.15) is 4.99 Å². The van der Waals surface area contributed by atoms with Crippen molar-refractivity contribution in [2.45, 2.75) is 12.8 Å². The van der Waals surface area contributed by atoms with Crippen molar-refractivity contribution >= 4 is 18.0 Å². The van der Waals surface area contributed by atoms with Gasteiger partial charge in [-0.3, -0.25) is 9.79 Å². The normalized spacial score (nSPS) is 22.2. The van der Waals surface area contributed by atoms with E-state index in [2.05, 4.69) is 9.98 Å². The number of rotatable bonds is 0. The minimum absolute atomic E-state index is 0.160. The smallest absolute Gasteiger partial charge is 0.251 e. The van der Waals surface area contributed by atoms with Crippen LogP contribution in [0.15, 0.2) is 21.3 Å². The molecular formula is C7H7N3O. The number of amidine groups is 1. The lowest BCUT2D eigenvalue weighted by molar-refractivity contribution is -0.117. The van der Waals surface area contributed by atoms with Crippen LogP contribution >= 0.6 is 0 Å². The molecule has 2 heterocycles. The fourth-order valence-electron chi connectivity index (χ4n) is 1.25. The maximum atomic E-state index is 10.9. The Kier molecular flexibility index (Phi) is 1.15. The standard InChI is InChI=1S/C7H7N3O/c8-7-6-4(1-2-9-6)3-5(11)10-7/h2H,1,3H2,(H2,8,10,11). The maximum absolute atomic E-state index is 10.9. The summed E-state index contributed by atoms with van der Waals surface area (Å²) in [6, 6.07) is 0. The van der Waals surface area contributed by atoms with E-state index in [1.807, 2.05) is 0 Å². The number of hydrogen-bond donors (Lipinski definition) is 1. The molecule has 0 spiro atoms. The van der Waals surface area contributed by atoms with Crippen molar-refractivity contribution in [1.82, 2.24) is 0 Å². The largest absolute Gasteiger partial charge is 0.382 e. The lowest BCUT2D eigenvalue weighted by Crippen LogP contribution is -2.20. The Hall–Kier alpha value is -1.45. The van der Waals surface area contributed by atoms with E-state index in [1.165, 1.54) is 0 Å². The van der Waals surface area contributed by atoms with Gasteiger partial charge in [0.2, 0.25) is 0 Å². The van der Waals surface area contributed by atoms with Crippen molar-refractivity contribution in [3.8, 4) is 0 Å². The first-order valence-electron chi connectivity index (χ1n) is 3.39. The molecule has 2 aliphatic heterocycles. The second-order valence-corrected chi connectivity index (χ2v) is 2.54. The molecule has 0 saturated heterocycles. The molecule has 0 aromatic rings. The highest BCUT2D eigenvalue weighted by atomic mass is 16.1. The average molecular weight is 149 g/mol. The van der Waals surface area contributed by atoms with E-state index >= 15 is 0 Å². The van der Waals surface area contributed by atoms with Crippen molar-refractivity contribution in [2.75, 3.05) is 0 Å². The number of amides is 1. The Balaban J connectivity index is 2.44. The predicted molar refractivity (Wildman–Crippen MR) is 41.4 cm³/mol. The zero-order valence-electron chi connectivity index (χ0n) is 5.87. The van der Waals surface area contributed by atoms with Crippen LogP contribution in [0.2, 0.25) is 0 Å². The van der Waals surface area contributed by atoms with Crippen molar-refractivity contribution in [3.63, 3.8) is 0 Å². The second-order valence-electron chi connectivity index (χ2n) is 2.54. The molecule has 11 heavy (non-hydrogen) atoms. The van der Waals surface area contributed by atoms with Gasteiger partial charge in [-0.05, 0) is 5.57 Å². The number of nitrogens with two attached hydrogens (primary N) is 1. The summed E-state index contributed by atoms with van der Waals surface area (Å²) in [5.41, 5.74) is 7.18. The van der Waals surface area contributed by atoms with Crippen LogP contribution in [0.3, 0.4) is 0 Å². The average Bonchev–Trinajstić information content (AvgIpc) is 2.34. The third-order valence-corrected chi connectivity index (χ3v) is 1.75. The van der Waals surface area contributed by atoms with Gasteiger partial charge in [0.1, 0.15) is 5.70 Å². The first kappa shape index (κ1) is 6.27. The fraction of sp³-hybridized carbons (Fsp3) is 0.286. The van der Waals surface area contributed by atoms with E-state index in [-0.39, 0.29) is 11.7 Å². The Labute approximate surface area is 63.5 Å². The second kappa shape index (κ2) is 2.02. The molecule has 2 rings (SSSR count). The zero-order valence-corrected chi connectivity index (χ0v) is 5.87. The van der Waals surface area contributed by atoms with Crippen LogP contribution in [0.5, 0.6) is 0 Å². The molecule has 4 nitrogen and oxygen atoms in total. The number of hydrogen-bond acceptors (Lipinski definition) is 3. The number of nitrogens with zero attached hydrogens (tertiary/aromatic N) is 2. The van der Waals surface area contributed by atoms with Crippen molar-refractivity contribution in [1.29, 1.82) is 0 Å². The van der Waals surface area contributed by atoms with Crippen LogP contribution in [-0.4, -0.2) is 18.0 Å². The molecule has 0 unspecified atom stereocenters. The minimum atomic E-state index is -0.160. The van der Waals surface area contributed by atoms with Gasteiger partial charge in [0, 0.05) is 12.6 Å². The molecule has 0 saturated carbocycles. The summed E-state index contributed by atoms with van der Waals surface area (Å²) in [4.78, 5) is 18.5. The van der Waals surface area contributed by atoms with Gasteiger partial charge in [-0.25, -0.2) is 0 Å². The predicted octanol–water partition coefficient (Wildman–Crippen LogP) is 0.00250. The van der Waals surface area contributed by atoms with Gasteiger partial charge in [-0.1, -0.05) is 0 Å². The van der Waals surface area contributed by atoms with Gasteiger partial charge in [-0.15, -0.1) is 0 Å². The highest BCUT2D eigenvalue weighted by Gasteiger charge is 2.21. The molecule has 0 aromatic heterocycles. The van der Waals surface area contributed by atoms with E-state index in [4.69, 9.17) is 5.73 Å². The highest BCUT2D eigenvalue weighted by Crippen LogP contribution is 2.23. The summed E-state index contributed by atoms with van der Waals surface area (Å²) < 4.78 is 0. The molecule has 0 fully saturated rings. The molecule has 0 atom stereocenters. The molecule has 0 radical (unpaired) electrons. The van der Waals surface area contributed by atoms with E-state index < -0.39 is 0 Å².